The van der Waals surface area contributed by atoms with E-state index in [1.54, 1.807) is 6.07 Å². The number of primary amides is 1. The van der Waals surface area contributed by atoms with Crippen LogP contribution >= 0.6 is 0 Å². The van der Waals surface area contributed by atoms with Gasteiger partial charge in [-0.15, -0.1) is 0 Å². The molecule has 29 heavy (non-hydrogen) atoms. The molecule has 0 saturated carbocycles. The molecule has 0 radical (unpaired) electrons. The average Bonchev–Trinajstić information content (AvgIpc) is 2.63. The lowest BCUT2D eigenvalue weighted by Crippen LogP contribution is -2.28. The highest BCUT2D eigenvalue weighted by molar-refractivity contribution is 5.92. The van der Waals surface area contributed by atoms with Gasteiger partial charge < -0.3 is 15.8 Å². The van der Waals surface area contributed by atoms with Gasteiger partial charge in [-0.2, -0.15) is 26.3 Å². The number of halogens is 6. The summed E-state index contributed by atoms with van der Waals surface area (Å²) in [6, 6.07) is 6.69. The minimum Gasteiger partial charge on any atom is -0.484 e. The lowest BCUT2D eigenvalue weighted by molar-refractivity contribution is -0.143. The lowest BCUT2D eigenvalue weighted by Gasteiger charge is -2.14. The summed E-state index contributed by atoms with van der Waals surface area (Å²) in [5.41, 5.74) is 2.74. The first-order chi connectivity index (χ1) is 13.4. The van der Waals surface area contributed by atoms with Crippen molar-refractivity contribution >= 4 is 11.8 Å². The van der Waals surface area contributed by atoms with Crippen molar-refractivity contribution in [1.29, 1.82) is 0 Å². The zero-order valence-electron chi connectivity index (χ0n) is 14.5. The summed E-state index contributed by atoms with van der Waals surface area (Å²) in [5.74, 6) is -2.22. The molecule has 5 nitrogen and oxygen atoms in total. The van der Waals surface area contributed by atoms with Crippen LogP contribution in [-0.2, 0) is 23.7 Å². The highest BCUT2D eigenvalue weighted by Gasteiger charge is 2.37. The maximum Gasteiger partial charge on any atom is 0.416 e. The Morgan fingerprint density at radius 2 is 1.52 bits per heavy atom. The molecule has 0 aliphatic carbocycles. The Bertz CT molecular complexity index is 877. The SMILES string of the molecule is NC(=O)c1cccc(CNC(=O)COc2cc(C(F)(F)F)cc(C(F)(F)F)c2)c1. The van der Waals surface area contributed by atoms with Gasteiger partial charge in [0, 0.05) is 12.1 Å². The Kier molecular flexibility index (Phi) is 6.40. The summed E-state index contributed by atoms with van der Waals surface area (Å²) in [7, 11) is 0. The fourth-order valence-corrected chi connectivity index (χ4v) is 2.24. The third-order valence-corrected chi connectivity index (χ3v) is 3.63. The second-order valence-electron chi connectivity index (χ2n) is 5.87. The maximum atomic E-state index is 12.8. The Morgan fingerprint density at radius 3 is 2.03 bits per heavy atom. The fourth-order valence-electron chi connectivity index (χ4n) is 2.24. The molecule has 0 aliphatic rings. The molecule has 2 rings (SSSR count). The van der Waals surface area contributed by atoms with Crippen LogP contribution in [0.1, 0.15) is 27.0 Å². The number of nitrogens with one attached hydrogen (secondary N) is 1. The molecule has 0 aliphatic heterocycles. The van der Waals surface area contributed by atoms with Gasteiger partial charge in [-0.25, -0.2) is 0 Å². The second-order valence-corrected chi connectivity index (χ2v) is 5.87. The predicted molar refractivity (Wildman–Crippen MR) is 88.7 cm³/mol. The molecule has 0 fully saturated rings. The van der Waals surface area contributed by atoms with Gasteiger partial charge in [-0.3, -0.25) is 9.59 Å². The smallest absolute Gasteiger partial charge is 0.416 e. The number of alkyl halides is 6. The van der Waals surface area contributed by atoms with E-state index in [1.165, 1.54) is 18.2 Å². The standard InChI is InChI=1S/C18H14F6N2O3/c19-17(20,21)12-5-13(18(22,23)24)7-14(6-12)29-9-15(27)26-8-10-2-1-3-11(4-10)16(25)28/h1-7H,8-9H2,(H2,25,28)(H,26,27). The van der Waals surface area contributed by atoms with E-state index in [4.69, 9.17) is 10.5 Å². The molecule has 11 heteroatoms. The van der Waals surface area contributed by atoms with Crippen molar-refractivity contribution in [2.45, 2.75) is 18.9 Å². The molecule has 156 valence electrons. The van der Waals surface area contributed by atoms with Gasteiger partial charge in [0.1, 0.15) is 5.75 Å². The summed E-state index contributed by atoms with van der Waals surface area (Å²) in [4.78, 5) is 22.9. The van der Waals surface area contributed by atoms with Gasteiger partial charge in [0.25, 0.3) is 5.91 Å². The molecule has 2 amide bonds. The quantitative estimate of drug-likeness (QED) is 0.702. The van der Waals surface area contributed by atoms with Crippen molar-refractivity contribution in [1.82, 2.24) is 5.32 Å². The number of rotatable bonds is 6. The summed E-state index contributed by atoms with van der Waals surface area (Å²) in [6.07, 6.45) is -10.0. The topological polar surface area (TPSA) is 81.4 Å². The van der Waals surface area contributed by atoms with Crippen LogP contribution < -0.4 is 15.8 Å². The van der Waals surface area contributed by atoms with Crippen molar-refractivity contribution in [3.8, 4) is 5.75 Å². The van der Waals surface area contributed by atoms with Gasteiger partial charge >= 0.3 is 12.4 Å². The second kappa shape index (κ2) is 8.41. The number of ether oxygens (including phenoxy) is 1. The molecular weight excluding hydrogens is 406 g/mol. The fraction of sp³-hybridized carbons (Fsp3) is 0.222. The Labute approximate surface area is 160 Å². The molecule has 2 aromatic carbocycles. The van der Waals surface area contributed by atoms with Crippen LogP contribution in [0.25, 0.3) is 0 Å². The van der Waals surface area contributed by atoms with Gasteiger partial charge in [-0.05, 0) is 35.9 Å². The largest absolute Gasteiger partial charge is 0.484 e. The molecular formula is C18H14F6N2O3. The van der Waals surface area contributed by atoms with E-state index >= 15 is 0 Å². The summed E-state index contributed by atoms with van der Waals surface area (Å²) < 4.78 is 81.6. The van der Waals surface area contributed by atoms with Crippen molar-refractivity contribution in [2.75, 3.05) is 6.61 Å². The average molecular weight is 420 g/mol. The number of hydrogen-bond acceptors (Lipinski definition) is 3. The number of carbonyl (C=O) groups is 2. The van der Waals surface area contributed by atoms with Crippen molar-refractivity contribution in [3.63, 3.8) is 0 Å². The first-order valence-corrected chi connectivity index (χ1v) is 7.94. The Hall–Kier alpha value is -3.24. The first-order valence-electron chi connectivity index (χ1n) is 7.94. The van der Waals surface area contributed by atoms with Gasteiger partial charge in [-0.1, -0.05) is 12.1 Å². The van der Waals surface area contributed by atoms with Crippen molar-refractivity contribution in [2.24, 2.45) is 5.73 Å². The Balaban J connectivity index is 2.04. The van der Waals surface area contributed by atoms with Crippen LogP contribution in [0, 0.1) is 0 Å². The summed E-state index contributed by atoms with van der Waals surface area (Å²) >= 11 is 0. The first kappa shape index (κ1) is 22.1. The number of benzene rings is 2. The number of hydrogen-bond donors (Lipinski definition) is 2. The van der Waals surface area contributed by atoms with E-state index in [9.17, 15) is 35.9 Å². The number of amides is 2. The lowest BCUT2D eigenvalue weighted by atomic mass is 10.1. The zero-order valence-corrected chi connectivity index (χ0v) is 14.5. The monoisotopic (exact) mass is 420 g/mol. The number of carbonyl (C=O) groups excluding carboxylic acids is 2. The highest BCUT2D eigenvalue weighted by atomic mass is 19.4. The van der Waals surface area contributed by atoms with Crippen LogP contribution in [0.4, 0.5) is 26.3 Å². The summed E-state index contributed by atoms with van der Waals surface area (Å²) in [5, 5.41) is 2.36. The highest BCUT2D eigenvalue weighted by Crippen LogP contribution is 2.38. The molecule has 0 spiro atoms. The van der Waals surface area contributed by atoms with E-state index in [1.807, 2.05) is 0 Å². The van der Waals surface area contributed by atoms with E-state index in [0.717, 1.165) is 0 Å². The molecule has 0 aromatic heterocycles. The molecule has 3 N–H and O–H groups in total. The maximum absolute atomic E-state index is 12.8. The molecule has 2 aromatic rings. The minimum atomic E-state index is -5.02. The normalized spacial score (nSPS) is 11.8. The predicted octanol–water partition coefficient (Wildman–Crippen LogP) is 3.52. The van der Waals surface area contributed by atoms with Gasteiger partial charge in [0.2, 0.25) is 5.91 Å². The number of nitrogens with two attached hydrogens (primary N) is 1. The summed E-state index contributed by atoms with van der Waals surface area (Å²) in [6.45, 7) is -0.867. The Morgan fingerprint density at radius 1 is 0.931 bits per heavy atom. The van der Waals surface area contributed by atoms with E-state index in [2.05, 4.69) is 5.32 Å². The third-order valence-electron chi connectivity index (χ3n) is 3.63. The van der Waals surface area contributed by atoms with Crippen LogP contribution in [0.15, 0.2) is 42.5 Å². The van der Waals surface area contributed by atoms with Crippen LogP contribution in [0.5, 0.6) is 5.75 Å². The van der Waals surface area contributed by atoms with Crippen LogP contribution in [0.3, 0.4) is 0 Å². The van der Waals surface area contributed by atoms with E-state index in [0.29, 0.717) is 17.7 Å². The zero-order chi connectivity index (χ0) is 21.8. The third kappa shape index (κ3) is 6.40. The van der Waals surface area contributed by atoms with E-state index in [-0.39, 0.29) is 18.2 Å². The van der Waals surface area contributed by atoms with Crippen molar-refractivity contribution in [3.05, 3.63) is 64.7 Å². The van der Waals surface area contributed by atoms with Crippen molar-refractivity contribution < 1.29 is 40.7 Å². The molecule has 0 heterocycles. The molecule has 0 atom stereocenters. The minimum absolute atomic E-state index is 0.0430. The molecule has 0 unspecified atom stereocenters. The molecule has 0 bridgehead atoms. The van der Waals surface area contributed by atoms with Crippen LogP contribution in [-0.4, -0.2) is 18.4 Å². The van der Waals surface area contributed by atoms with Crippen LogP contribution in [0.2, 0.25) is 0 Å². The van der Waals surface area contributed by atoms with Gasteiger partial charge in [0.15, 0.2) is 6.61 Å². The molecule has 0 saturated heterocycles. The van der Waals surface area contributed by atoms with E-state index < -0.39 is 47.7 Å². The van der Waals surface area contributed by atoms with Gasteiger partial charge in [0.05, 0.1) is 11.1 Å².